The third kappa shape index (κ3) is 4.33. The molecule has 5 heteroatoms. The Balaban J connectivity index is 1.35. The predicted octanol–water partition coefficient (Wildman–Crippen LogP) is 6.00. The van der Waals surface area contributed by atoms with E-state index >= 15 is 0 Å². The van der Waals surface area contributed by atoms with E-state index in [9.17, 15) is 4.79 Å². The fraction of sp³-hybridized carbons (Fsp3) is 0.261. The van der Waals surface area contributed by atoms with Gasteiger partial charge in [-0.2, -0.15) is 0 Å². The van der Waals surface area contributed by atoms with Crippen LogP contribution in [-0.2, 0) is 11.3 Å². The van der Waals surface area contributed by atoms with E-state index in [0.29, 0.717) is 10.0 Å². The largest absolute Gasteiger partial charge is 0.325 e. The first-order chi connectivity index (χ1) is 13.6. The smallest absolute Gasteiger partial charge is 0.227 e. The van der Waals surface area contributed by atoms with E-state index in [2.05, 4.69) is 22.3 Å². The van der Waals surface area contributed by atoms with Gasteiger partial charge in [-0.3, -0.25) is 9.69 Å². The van der Waals surface area contributed by atoms with Crippen molar-refractivity contribution < 1.29 is 4.79 Å². The lowest BCUT2D eigenvalue weighted by Gasteiger charge is -2.31. The Morgan fingerprint density at radius 2 is 1.71 bits per heavy atom. The summed E-state index contributed by atoms with van der Waals surface area (Å²) >= 11 is 12.1. The summed E-state index contributed by atoms with van der Waals surface area (Å²) in [4.78, 5) is 15.2. The van der Waals surface area contributed by atoms with E-state index in [1.807, 2.05) is 48.5 Å². The summed E-state index contributed by atoms with van der Waals surface area (Å²) in [6, 6.07) is 19.9. The van der Waals surface area contributed by atoms with Gasteiger partial charge in [-0.05, 0) is 55.1 Å². The number of anilines is 1. The molecule has 28 heavy (non-hydrogen) atoms. The molecule has 4 rings (SSSR count). The second kappa shape index (κ2) is 8.52. The summed E-state index contributed by atoms with van der Waals surface area (Å²) in [5, 5.41) is 6.52. The van der Waals surface area contributed by atoms with Gasteiger partial charge in [0.25, 0.3) is 0 Å². The first-order valence-corrected chi connectivity index (χ1v) is 10.3. The number of carbonyl (C=O) groups is 1. The number of benzene rings is 3. The molecule has 1 aliphatic rings. The van der Waals surface area contributed by atoms with E-state index in [4.69, 9.17) is 23.2 Å². The van der Waals surface area contributed by atoms with Crippen LogP contribution in [0.3, 0.4) is 0 Å². The SMILES string of the molecule is O=C(Nc1cccc2ccccc12)C1CCN(Cc2ccc(Cl)c(Cl)c2)CC1. The molecule has 0 unspecified atom stereocenters. The molecule has 0 atom stereocenters. The van der Waals surface area contributed by atoms with Gasteiger partial charge < -0.3 is 5.32 Å². The fourth-order valence-corrected chi connectivity index (χ4v) is 4.14. The number of rotatable bonds is 4. The van der Waals surface area contributed by atoms with Crippen LogP contribution in [0.2, 0.25) is 10.0 Å². The van der Waals surface area contributed by atoms with Crippen LogP contribution in [0.15, 0.2) is 60.7 Å². The number of carbonyl (C=O) groups excluding carboxylic acids is 1. The van der Waals surface area contributed by atoms with Gasteiger partial charge in [-0.25, -0.2) is 0 Å². The van der Waals surface area contributed by atoms with Gasteiger partial charge in [0.2, 0.25) is 5.91 Å². The second-order valence-corrected chi connectivity index (χ2v) is 8.13. The van der Waals surface area contributed by atoms with Crippen LogP contribution in [0.5, 0.6) is 0 Å². The Morgan fingerprint density at radius 3 is 2.50 bits per heavy atom. The molecular formula is C23H22Cl2N2O. The zero-order valence-corrected chi connectivity index (χ0v) is 17.0. The summed E-state index contributed by atoms with van der Waals surface area (Å²) < 4.78 is 0. The molecule has 0 saturated carbocycles. The molecule has 3 aromatic rings. The van der Waals surface area contributed by atoms with Crippen LogP contribution in [0.4, 0.5) is 5.69 Å². The topological polar surface area (TPSA) is 32.3 Å². The summed E-state index contributed by atoms with van der Waals surface area (Å²) in [7, 11) is 0. The zero-order chi connectivity index (χ0) is 19.5. The highest BCUT2D eigenvalue weighted by Gasteiger charge is 2.25. The van der Waals surface area contributed by atoms with Gasteiger partial charge in [-0.15, -0.1) is 0 Å². The van der Waals surface area contributed by atoms with Crippen LogP contribution in [0, 0.1) is 5.92 Å². The summed E-state index contributed by atoms with van der Waals surface area (Å²) in [6.45, 7) is 2.62. The first kappa shape index (κ1) is 19.3. The van der Waals surface area contributed by atoms with E-state index in [1.54, 1.807) is 0 Å². The quantitative estimate of drug-likeness (QED) is 0.569. The molecule has 1 fully saturated rings. The number of halogens is 2. The number of hydrogen-bond donors (Lipinski definition) is 1. The van der Waals surface area contributed by atoms with Gasteiger partial charge in [0.15, 0.2) is 0 Å². The Labute approximate surface area is 175 Å². The van der Waals surface area contributed by atoms with Crippen molar-refractivity contribution in [2.45, 2.75) is 19.4 Å². The standard InChI is InChI=1S/C23H22Cl2N2O/c24-20-9-8-16(14-21(20)25)15-27-12-10-18(11-13-27)23(28)26-22-7-3-5-17-4-1-2-6-19(17)22/h1-9,14,18H,10-13,15H2,(H,26,28). The molecular weight excluding hydrogens is 391 g/mol. The molecule has 0 radical (unpaired) electrons. The Bertz CT molecular complexity index is 992. The van der Waals surface area contributed by atoms with E-state index in [0.717, 1.165) is 54.5 Å². The van der Waals surface area contributed by atoms with Gasteiger partial charge in [0.05, 0.1) is 10.0 Å². The lowest BCUT2D eigenvalue weighted by Crippen LogP contribution is -2.37. The molecule has 1 aliphatic heterocycles. The predicted molar refractivity (Wildman–Crippen MR) is 117 cm³/mol. The summed E-state index contributed by atoms with van der Waals surface area (Å²) in [5.74, 6) is 0.162. The fourth-order valence-electron chi connectivity index (χ4n) is 3.82. The minimum Gasteiger partial charge on any atom is -0.325 e. The number of nitrogens with one attached hydrogen (secondary N) is 1. The molecule has 0 aliphatic carbocycles. The van der Waals surface area contributed by atoms with Crippen LogP contribution in [0.25, 0.3) is 10.8 Å². The van der Waals surface area contributed by atoms with Gasteiger partial charge in [0, 0.05) is 23.5 Å². The minimum atomic E-state index is 0.0454. The third-order valence-electron chi connectivity index (χ3n) is 5.40. The number of hydrogen-bond acceptors (Lipinski definition) is 2. The van der Waals surface area contributed by atoms with Crippen LogP contribution in [-0.4, -0.2) is 23.9 Å². The second-order valence-electron chi connectivity index (χ2n) is 7.31. The molecule has 144 valence electrons. The molecule has 1 heterocycles. The van der Waals surface area contributed by atoms with Crippen molar-refractivity contribution in [1.82, 2.24) is 4.90 Å². The van der Waals surface area contributed by atoms with Crippen LogP contribution in [0.1, 0.15) is 18.4 Å². The van der Waals surface area contributed by atoms with Gasteiger partial charge in [-0.1, -0.05) is 65.7 Å². The van der Waals surface area contributed by atoms with Gasteiger partial charge >= 0.3 is 0 Å². The number of amides is 1. The number of likely N-dealkylation sites (tertiary alicyclic amines) is 1. The van der Waals surface area contributed by atoms with Crippen molar-refractivity contribution in [1.29, 1.82) is 0 Å². The number of nitrogens with zero attached hydrogens (tertiary/aromatic N) is 1. The van der Waals surface area contributed by atoms with Crippen molar-refractivity contribution >= 4 is 45.6 Å². The van der Waals surface area contributed by atoms with Crippen molar-refractivity contribution in [2.75, 3.05) is 18.4 Å². The van der Waals surface area contributed by atoms with Crippen LogP contribution < -0.4 is 5.32 Å². The monoisotopic (exact) mass is 412 g/mol. The Kier molecular flexibility index (Phi) is 5.86. The van der Waals surface area contributed by atoms with Crippen LogP contribution >= 0.6 is 23.2 Å². The Hall–Kier alpha value is -2.07. The van der Waals surface area contributed by atoms with E-state index < -0.39 is 0 Å². The highest BCUT2D eigenvalue weighted by atomic mass is 35.5. The number of piperidine rings is 1. The number of fused-ring (bicyclic) bond motifs is 1. The molecule has 0 bridgehead atoms. The lowest BCUT2D eigenvalue weighted by atomic mass is 9.95. The third-order valence-corrected chi connectivity index (χ3v) is 6.14. The molecule has 3 nitrogen and oxygen atoms in total. The zero-order valence-electron chi connectivity index (χ0n) is 15.5. The van der Waals surface area contributed by atoms with Crippen molar-refractivity contribution in [3.8, 4) is 0 Å². The highest BCUT2D eigenvalue weighted by molar-refractivity contribution is 6.42. The van der Waals surface area contributed by atoms with Crippen molar-refractivity contribution in [2.24, 2.45) is 5.92 Å². The summed E-state index contributed by atoms with van der Waals surface area (Å²) in [5.41, 5.74) is 2.04. The normalized spacial score (nSPS) is 15.6. The van der Waals surface area contributed by atoms with E-state index in [1.165, 1.54) is 0 Å². The summed E-state index contributed by atoms with van der Waals surface area (Å²) in [6.07, 6.45) is 1.72. The molecule has 0 aromatic heterocycles. The van der Waals surface area contributed by atoms with E-state index in [-0.39, 0.29) is 11.8 Å². The van der Waals surface area contributed by atoms with Crippen molar-refractivity contribution in [3.05, 3.63) is 76.3 Å². The van der Waals surface area contributed by atoms with Crippen molar-refractivity contribution in [3.63, 3.8) is 0 Å². The molecule has 3 aromatic carbocycles. The van der Waals surface area contributed by atoms with Gasteiger partial charge in [0.1, 0.15) is 0 Å². The maximum atomic E-state index is 12.8. The molecule has 1 saturated heterocycles. The molecule has 1 N–H and O–H groups in total. The molecule has 0 spiro atoms. The highest BCUT2D eigenvalue weighted by Crippen LogP contribution is 2.27. The lowest BCUT2D eigenvalue weighted by molar-refractivity contribution is -0.121. The maximum Gasteiger partial charge on any atom is 0.227 e. The maximum absolute atomic E-state index is 12.8. The Morgan fingerprint density at radius 1 is 0.964 bits per heavy atom. The first-order valence-electron chi connectivity index (χ1n) is 9.55. The minimum absolute atomic E-state index is 0.0454. The average Bonchev–Trinajstić information content (AvgIpc) is 2.71. The molecule has 1 amide bonds. The average molecular weight is 413 g/mol.